The Balaban J connectivity index is 1.33. The Labute approximate surface area is 185 Å². The van der Waals surface area contributed by atoms with Gasteiger partial charge >= 0.3 is 0 Å². The molecule has 3 aromatic carbocycles. The van der Waals surface area contributed by atoms with Crippen LogP contribution in [0.5, 0.6) is 11.5 Å². The van der Waals surface area contributed by atoms with Gasteiger partial charge in [-0.25, -0.2) is 8.78 Å². The molecule has 0 bridgehead atoms. The summed E-state index contributed by atoms with van der Waals surface area (Å²) in [5.74, 6) is 0.500. The zero-order valence-electron chi connectivity index (χ0n) is 17.4. The number of anilines is 2. The standard InChI is InChI=1S/C24H26F2N2O4/c25-17-1-5-19(6-2-17)27-13-21(29)15-31-23-9-11-24(12-10-23)32-16-22(30)14-28-20-7-3-18(26)4-8-20/h1-12,21-22,27-30H,13-16H2. The Morgan fingerprint density at radius 3 is 1.28 bits per heavy atom. The normalized spacial score (nSPS) is 12.6. The van der Waals surface area contributed by atoms with Crippen molar-refractivity contribution < 1.29 is 28.5 Å². The maximum absolute atomic E-state index is 12.9. The van der Waals surface area contributed by atoms with Crippen LogP contribution in [-0.2, 0) is 0 Å². The quantitative estimate of drug-likeness (QED) is 0.341. The Morgan fingerprint density at radius 2 is 0.938 bits per heavy atom. The molecule has 2 unspecified atom stereocenters. The van der Waals surface area contributed by atoms with E-state index in [0.717, 1.165) is 0 Å². The van der Waals surface area contributed by atoms with Crippen molar-refractivity contribution in [3.05, 3.63) is 84.4 Å². The number of halogens is 2. The first kappa shape index (κ1) is 23.3. The third-order valence-corrected chi connectivity index (χ3v) is 4.48. The highest BCUT2D eigenvalue weighted by Gasteiger charge is 2.08. The van der Waals surface area contributed by atoms with Crippen LogP contribution >= 0.6 is 0 Å². The van der Waals surface area contributed by atoms with Crippen molar-refractivity contribution in [2.24, 2.45) is 0 Å². The minimum absolute atomic E-state index is 0.0855. The Hall–Kier alpha value is -3.36. The highest BCUT2D eigenvalue weighted by atomic mass is 19.1. The van der Waals surface area contributed by atoms with Crippen molar-refractivity contribution in [1.82, 2.24) is 0 Å². The molecule has 4 N–H and O–H groups in total. The van der Waals surface area contributed by atoms with Crippen LogP contribution in [0.1, 0.15) is 0 Å². The van der Waals surface area contributed by atoms with Gasteiger partial charge in [0, 0.05) is 24.5 Å². The second-order valence-electron chi connectivity index (χ2n) is 7.18. The first-order valence-corrected chi connectivity index (χ1v) is 10.2. The van der Waals surface area contributed by atoms with Gasteiger partial charge in [-0.15, -0.1) is 0 Å². The number of nitrogens with one attached hydrogen (secondary N) is 2. The van der Waals surface area contributed by atoms with Crippen LogP contribution in [0.25, 0.3) is 0 Å². The molecule has 3 aromatic rings. The number of ether oxygens (including phenoxy) is 2. The molecule has 0 saturated carbocycles. The minimum Gasteiger partial charge on any atom is -0.491 e. The Bertz CT molecular complexity index is 859. The van der Waals surface area contributed by atoms with E-state index < -0.39 is 12.2 Å². The van der Waals surface area contributed by atoms with Crippen molar-refractivity contribution in [3.8, 4) is 11.5 Å². The zero-order valence-corrected chi connectivity index (χ0v) is 17.4. The van der Waals surface area contributed by atoms with Crippen molar-refractivity contribution >= 4 is 11.4 Å². The summed E-state index contributed by atoms with van der Waals surface area (Å²) in [4.78, 5) is 0. The van der Waals surface area contributed by atoms with Gasteiger partial charge in [-0.2, -0.15) is 0 Å². The highest BCUT2D eigenvalue weighted by Crippen LogP contribution is 2.18. The summed E-state index contributed by atoms with van der Waals surface area (Å²) in [6, 6.07) is 18.6. The van der Waals surface area contributed by atoms with Crippen LogP contribution in [0.2, 0.25) is 0 Å². The number of hydrogen-bond acceptors (Lipinski definition) is 6. The molecule has 0 radical (unpaired) electrons. The van der Waals surface area contributed by atoms with E-state index in [4.69, 9.17) is 9.47 Å². The van der Waals surface area contributed by atoms with E-state index in [1.165, 1.54) is 24.3 Å². The highest BCUT2D eigenvalue weighted by molar-refractivity contribution is 5.43. The summed E-state index contributed by atoms with van der Waals surface area (Å²) in [6.45, 7) is 0.692. The van der Waals surface area contributed by atoms with Gasteiger partial charge in [-0.3, -0.25) is 0 Å². The van der Waals surface area contributed by atoms with Gasteiger partial charge in [-0.1, -0.05) is 0 Å². The van der Waals surface area contributed by atoms with Gasteiger partial charge in [0.15, 0.2) is 0 Å². The molecule has 32 heavy (non-hydrogen) atoms. The first-order valence-electron chi connectivity index (χ1n) is 10.2. The molecule has 0 spiro atoms. The van der Waals surface area contributed by atoms with Gasteiger partial charge in [0.2, 0.25) is 0 Å². The molecule has 0 aliphatic heterocycles. The zero-order chi connectivity index (χ0) is 22.8. The maximum Gasteiger partial charge on any atom is 0.123 e. The van der Waals surface area contributed by atoms with Gasteiger partial charge in [0.05, 0.1) is 0 Å². The summed E-state index contributed by atoms with van der Waals surface area (Å²) >= 11 is 0. The SMILES string of the molecule is OC(CNc1ccc(F)cc1)COc1ccc(OCC(O)CNc2ccc(F)cc2)cc1. The molecule has 8 heteroatoms. The molecule has 6 nitrogen and oxygen atoms in total. The van der Waals surface area contributed by atoms with Crippen LogP contribution in [0.3, 0.4) is 0 Å². The molecule has 0 heterocycles. The molecule has 3 rings (SSSR count). The topological polar surface area (TPSA) is 83.0 Å². The van der Waals surface area contributed by atoms with Crippen molar-refractivity contribution in [1.29, 1.82) is 0 Å². The van der Waals surface area contributed by atoms with E-state index in [-0.39, 0.29) is 37.9 Å². The average molecular weight is 444 g/mol. The minimum atomic E-state index is -0.750. The fourth-order valence-electron chi connectivity index (χ4n) is 2.74. The molecule has 0 saturated heterocycles. The molecule has 2 atom stereocenters. The number of aliphatic hydroxyl groups is 2. The lowest BCUT2D eigenvalue weighted by molar-refractivity contribution is 0.115. The molecular formula is C24H26F2N2O4. The molecule has 0 amide bonds. The molecule has 0 aromatic heterocycles. The van der Waals surface area contributed by atoms with Gasteiger partial charge < -0.3 is 30.3 Å². The van der Waals surface area contributed by atoms with Crippen molar-refractivity contribution in [2.75, 3.05) is 36.9 Å². The van der Waals surface area contributed by atoms with E-state index in [1.54, 1.807) is 48.5 Å². The number of hydrogen-bond donors (Lipinski definition) is 4. The smallest absolute Gasteiger partial charge is 0.123 e. The molecule has 0 aliphatic rings. The first-order chi connectivity index (χ1) is 15.5. The number of benzene rings is 3. The van der Waals surface area contributed by atoms with Crippen LogP contribution in [0.4, 0.5) is 20.2 Å². The summed E-state index contributed by atoms with van der Waals surface area (Å²) in [6.07, 6.45) is -1.50. The lowest BCUT2D eigenvalue weighted by Gasteiger charge is -2.15. The fraction of sp³-hybridized carbons (Fsp3) is 0.250. The third kappa shape index (κ3) is 8.05. The van der Waals surface area contributed by atoms with E-state index in [9.17, 15) is 19.0 Å². The van der Waals surface area contributed by atoms with E-state index in [1.807, 2.05) is 0 Å². The molecule has 0 aliphatic carbocycles. The number of aliphatic hydroxyl groups excluding tert-OH is 2. The summed E-state index contributed by atoms with van der Waals surface area (Å²) in [7, 11) is 0. The molecule has 0 fully saturated rings. The van der Waals surface area contributed by atoms with E-state index in [2.05, 4.69) is 10.6 Å². The summed E-state index contributed by atoms with van der Waals surface area (Å²) < 4.78 is 36.9. The Morgan fingerprint density at radius 1 is 0.594 bits per heavy atom. The van der Waals surface area contributed by atoms with E-state index in [0.29, 0.717) is 22.9 Å². The van der Waals surface area contributed by atoms with E-state index >= 15 is 0 Å². The number of rotatable bonds is 12. The molecular weight excluding hydrogens is 418 g/mol. The predicted molar refractivity (Wildman–Crippen MR) is 119 cm³/mol. The Kier molecular flexibility index (Phi) is 8.65. The lowest BCUT2D eigenvalue weighted by Crippen LogP contribution is -2.26. The van der Waals surface area contributed by atoms with Gasteiger partial charge in [-0.05, 0) is 72.8 Å². The third-order valence-electron chi connectivity index (χ3n) is 4.48. The fourth-order valence-corrected chi connectivity index (χ4v) is 2.74. The second-order valence-corrected chi connectivity index (χ2v) is 7.18. The predicted octanol–water partition coefficient (Wildman–Crippen LogP) is 3.67. The lowest BCUT2D eigenvalue weighted by atomic mass is 10.3. The van der Waals surface area contributed by atoms with Crippen LogP contribution in [0, 0.1) is 11.6 Å². The molecule has 170 valence electrons. The summed E-state index contributed by atoms with van der Waals surface area (Å²) in [5.41, 5.74) is 1.42. The second kappa shape index (κ2) is 11.9. The van der Waals surface area contributed by atoms with Crippen LogP contribution in [0.15, 0.2) is 72.8 Å². The van der Waals surface area contributed by atoms with Crippen molar-refractivity contribution in [3.63, 3.8) is 0 Å². The van der Waals surface area contributed by atoms with Gasteiger partial charge in [0.25, 0.3) is 0 Å². The van der Waals surface area contributed by atoms with Crippen molar-refractivity contribution in [2.45, 2.75) is 12.2 Å². The van der Waals surface area contributed by atoms with Gasteiger partial charge in [0.1, 0.15) is 48.6 Å². The largest absolute Gasteiger partial charge is 0.491 e. The average Bonchev–Trinajstić information content (AvgIpc) is 2.81. The monoisotopic (exact) mass is 444 g/mol. The van der Waals surface area contributed by atoms with Crippen LogP contribution in [-0.4, -0.2) is 48.7 Å². The maximum atomic E-state index is 12.9. The van der Waals surface area contributed by atoms with Crippen LogP contribution < -0.4 is 20.1 Å². The summed E-state index contributed by atoms with van der Waals surface area (Å²) in [5, 5.41) is 26.1.